The van der Waals surface area contributed by atoms with Crippen LogP contribution in [-0.4, -0.2) is 27.1 Å². The number of aromatic nitrogens is 2. The van der Waals surface area contributed by atoms with Gasteiger partial charge in [0, 0.05) is 17.9 Å². The van der Waals surface area contributed by atoms with Crippen LogP contribution in [0.25, 0.3) is 0 Å². The van der Waals surface area contributed by atoms with Crippen LogP contribution in [0.15, 0.2) is 12.4 Å². The van der Waals surface area contributed by atoms with E-state index in [1.54, 1.807) is 0 Å². The highest BCUT2D eigenvalue weighted by atomic mass is 35.5. The molecule has 0 aliphatic rings. The fourth-order valence-corrected chi connectivity index (χ4v) is 0.481. The van der Waals surface area contributed by atoms with Crippen molar-refractivity contribution in [2.24, 2.45) is 0 Å². The fourth-order valence-electron chi connectivity index (χ4n) is 0.481. The lowest BCUT2D eigenvalue weighted by atomic mass is 9.83. The summed E-state index contributed by atoms with van der Waals surface area (Å²) in [4.78, 5) is 7.09. The predicted octanol–water partition coefficient (Wildman–Crippen LogP) is -1.84. The summed E-state index contributed by atoms with van der Waals surface area (Å²) in [5.41, 5.74) is 5.37. The zero-order valence-corrected chi connectivity index (χ0v) is 6.32. The molecule has 0 aliphatic carbocycles. The van der Waals surface area contributed by atoms with Crippen LogP contribution in [0.3, 0.4) is 0 Å². The second kappa shape index (κ2) is 4.12. The van der Waals surface area contributed by atoms with Gasteiger partial charge in [-0.15, -0.1) is 12.4 Å². The topological polar surface area (TPSA) is 92.3 Å². The van der Waals surface area contributed by atoms with Crippen LogP contribution in [0.2, 0.25) is 0 Å². The first-order valence-electron chi connectivity index (χ1n) is 2.63. The molecule has 0 unspecified atom stereocenters. The third-order valence-electron chi connectivity index (χ3n) is 0.990. The Morgan fingerprint density at radius 3 is 2.09 bits per heavy atom. The van der Waals surface area contributed by atoms with Crippen molar-refractivity contribution in [2.45, 2.75) is 0 Å². The number of nitrogens with zero attached hydrogens (tertiary/aromatic N) is 2. The minimum atomic E-state index is -1.53. The predicted molar refractivity (Wildman–Crippen MR) is 43.5 cm³/mol. The fraction of sp³-hybridized carbons (Fsp3) is 0. The maximum atomic E-state index is 8.55. The molecule has 1 aromatic rings. The largest absolute Gasteiger partial charge is 0.491 e. The molecular weight excluding hydrogens is 168 g/mol. The van der Waals surface area contributed by atoms with Crippen LogP contribution in [-0.2, 0) is 0 Å². The molecule has 0 aliphatic heterocycles. The van der Waals surface area contributed by atoms with E-state index < -0.39 is 7.12 Å². The molecule has 0 bridgehead atoms. The van der Waals surface area contributed by atoms with E-state index in [-0.39, 0.29) is 23.8 Å². The number of rotatable bonds is 1. The molecule has 1 aromatic heterocycles. The SMILES string of the molecule is Cl.Nc1ncc(B(O)O)cn1. The Kier molecular flexibility index (Phi) is 3.80. The highest BCUT2D eigenvalue weighted by molar-refractivity contribution is 6.58. The molecule has 0 amide bonds. The van der Waals surface area contributed by atoms with Crippen molar-refractivity contribution in [3.8, 4) is 0 Å². The standard InChI is InChI=1S/C4H6BN3O2.ClH/c6-4-7-1-3(2-8-4)5(9)10;/h1-2,9-10H,(H2,6,7,8);1H. The van der Waals surface area contributed by atoms with Gasteiger partial charge in [0.2, 0.25) is 5.95 Å². The van der Waals surface area contributed by atoms with E-state index in [1.807, 2.05) is 0 Å². The van der Waals surface area contributed by atoms with Gasteiger partial charge < -0.3 is 15.8 Å². The minimum Gasteiger partial charge on any atom is -0.423 e. The number of nitrogen functional groups attached to an aromatic ring is 1. The number of hydrogen-bond donors (Lipinski definition) is 3. The second-order valence-electron chi connectivity index (χ2n) is 1.75. The Labute approximate surface area is 69.8 Å². The highest BCUT2D eigenvalue weighted by Gasteiger charge is 2.10. The Bertz CT molecular complexity index is 217. The summed E-state index contributed by atoms with van der Waals surface area (Å²) < 4.78 is 0. The molecular formula is C4H7BClN3O2. The maximum absolute atomic E-state index is 8.55. The van der Waals surface area contributed by atoms with Gasteiger partial charge in [-0.05, 0) is 0 Å². The average Bonchev–Trinajstić information content (AvgIpc) is 1.88. The zero-order chi connectivity index (χ0) is 7.56. The van der Waals surface area contributed by atoms with E-state index in [1.165, 1.54) is 12.4 Å². The Morgan fingerprint density at radius 2 is 1.73 bits per heavy atom. The molecule has 1 heterocycles. The van der Waals surface area contributed by atoms with Gasteiger partial charge >= 0.3 is 7.12 Å². The van der Waals surface area contributed by atoms with Gasteiger partial charge in [0.05, 0.1) is 0 Å². The van der Waals surface area contributed by atoms with Crippen molar-refractivity contribution in [3.63, 3.8) is 0 Å². The van der Waals surface area contributed by atoms with Gasteiger partial charge in [0.25, 0.3) is 0 Å². The smallest absolute Gasteiger partial charge is 0.423 e. The van der Waals surface area contributed by atoms with E-state index in [9.17, 15) is 0 Å². The Hall–Kier alpha value is -0.845. The van der Waals surface area contributed by atoms with Crippen LogP contribution < -0.4 is 11.2 Å². The van der Waals surface area contributed by atoms with Crippen LogP contribution in [0.1, 0.15) is 0 Å². The van der Waals surface area contributed by atoms with Crippen LogP contribution in [0, 0.1) is 0 Å². The average molecular weight is 175 g/mol. The minimum absolute atomic E-state index is 0. The molecule has 0 spiro atoms. The summed E-state index contributed by atoms with van der Waals surface area (Å²) >= 11 is 0. The number of hydrogen-bond acceptors (Lipinski definition) is 5. The first-order valence-corrected chi connectivity index (χ1v) is 2.63. The summed E-state index contributed by atoms with van der Waals surface area (Å²) in [5, 5.41) is 17.1. The van der Waals surface area contributed by atoms with Crippen molar-refractivity contribution < 1.29 is 10.0 Å². The molecule has 0 atom stereocenters. The molecule has 4 N–H and O–H groups in total. The van der Waals surface area contributed by atoms with Gasteiger partial charge in [-0.2, -0.15) is 0 Å². The molecule has 11 heavy (non-hydrogen) atoms. The molecule has 0 radical (unpaired) electrons. The Balaban J connectivity index is 0.000001000. The van der Waals surface area contributed by atoms with E-state index >= 15 is 0 Å². The lowest BCUT2D eigenvalue weighted by molar-refractivity contribution is 0.425. The second-order valence-corrected chi connectivity index (χ2v) is 1.75. The summed E-state index contributed by atoms with van der Waals surface area (Å²) in [6, 6.07) is 0. The first-order chi connectivity index (χ1) is 4.70. The van der Waals surface area contributed by atoms with Crippen molar-refractivity contribution in [2.75, 3.05) is 5.73 Å². The number of anilines is 1. The number of nitrogens with two attached hydrogens (primary N) is 1. The molecule has 0 saturated heterocycles. The van der Waals surface area contributed by atoms with E-state index in [0.717, 1.165) is 0 Å². The van der Waals surface area contributed by atoms with Gasteiger partial charge in [0.1, 0.15) is 0 Å². The Morgan fingerprint density at radius 1 is 1.27 bits per heavy atom. The summed E-state index contributed by atoms with van der Waals surface area (Å²) in [6.45, 7) is 0. The van der Waals surface area contributed by atoms with Gasteiger partial charge in [-0.25, -0.2) is 9.97 Å². The monoisotopic (exact) mass is 175 g/mol. The normalized spacial score (nSPS) is 8.55. The first kappa shape index (κ1) is 10.2. The molecule has 1 rings (SSSR count). The third kappa shape index (κ3) is 2.71. The van der Waals surface area contributed by atoms with Crippen LogP contribution >= 0.6 is 12.4 Å². The van der Waals surface area contributed by atoms with Gasteiger partial charge in [-0.1, -0.05) is 0 Å². The number of halogens is 1. The van der Waals surface area contributed by atoms with E-state index in [2.05, 4.69) is 9.97 Å². The molecule has 0 fully saturated rings. The molecule has 5 nitrogen and oxygen atoms in total. The van der Waals surface area contributed by atoms with E-state index in [0.29, 0.717) is 0 Å². The lowest BCUT2D eigenvalue weighted by Gasteiger charge is -1.95. The zero-order valence-electron chi connectivity index (χ0n) is 5.51. The summed E-state index contributed by atoms with van der Waals surface area (Å²) in [6.07, 6.45) is 2.51. The van der Waals surface area contributed by atoms with Gasteiger partial charge in [0.15, 0.2) is 0 Å². The molecule has 0 saturated carbocycles. The summed E-state index contributed by atoms with van der Waals surface area (Å²) in [5.74, 6) is 0.115. The van der Waals surface area contributed by atoms with Gasteiger partial charge in [-0.3, -0.25) is 0 Å². The quantitative estimate of drug-likeness (QED) is 0.436. The van der Waals surface area contributed by atoms with Crippen LogP contribution in [0.4, 0.5) is 5.95 Å². The van der Waals surface area contributed by atoms with Crippen LogP contribution in [0.5, 0.6) is 0 Å². The maximum Gasteiger partial charge on any atom is 0.491 e. The van der Waals surface area contributed by atoms with Crippen molar-refractivity contribution in [1.82, 2.24) is 9.97 Å². The molecule has 60 valence electrons. The molecule has 7 heteroatoms. The van der Waals surface area contributed by atoms with Crippen molar-refractivity contribution in [1.29, 1.82) is 0 Å². The van der Waals surface area contributed by atoms with Crippen molar-refractivity contribution in [3.05, 3.63) is 12.4 Å². The third-order valence-corrected chi connectivity index (χ3v) is 0.990. The highest BCUT2D eigenvalue weighted by Crippen LogP contribution is 1.83. The summed E-state index contributed by atoms with van der Waals surface area (Å²) in [7, 11) is -1.53. The van der Waals surface area contributed by atoms with Crippen molar-refractivity contribution >= 4 is 30.9 Å². The lowest BCUT2D eigenvalue weighted by Crippen LogP contribution is -2.30. The molecule has 0 aromatic carbocycles. The van der Waals surface area contributed by atoms with E-state index in [4.69, 9.17) is 15.8 Å².